The lowest BCUT2D eigenvalue weighted by molar-refractivity contribution is 0.478. The summed E-state index contributed by atoms with van der Waals surface area (Å²) in [5.41, 5.74) is 11.3. The minimum atomic E-state index is 0.0370. The summed E-state index contributed by atoms with van der Waals surface area (Å²) >= 11 is 0. The SMILES string of the molecule is Nc1cccc(O)c1N.[C]F. The van der Waals surface area contributed by atoms with Gasteiger partial charge in [0.15, 0.2) is 0 Å². The Hall–Kier alpha value is -1.45. The van der Waals surface area contributed by atoms with Crippen molar-refractivity contribution in [2.45, 2.75) is 0 Å². The molecule has 0 aliphatic rings. The van der Waals surface area contributed by atoms with Crippen molar-refractivity contribution in [2.75, 3.05) is 11.5 Å². The largest absolute Gasteiger partial charge is 0.506 e. The maximum Gasteiger partial charge on any atom is 0.232 e. The van der Waals surface area contributed by atoms with E-state index in [1.807, 2.05) is 0 Å². The molecule has 59 valence electrons. The molecule has 0 aliphatic heterocycles. The maximum absolute atomic E-state index is 8.90. The predicted molar refractivity (Wildman–Crippen MR) is 41.3 cm³/mol. The molecule has 0 bridgehead atoms. The lowest BCUT2D eigenvalue weighted by Crippen LogP contribution is -1.93. The van der Waals surface area contributed by atoms with Crippen molar-refractivity contribution in [1.82, 2.24) is 0 Å². The number of aromatic hydroxyl groups is 1. The molecule has 0 spiro atoms. The van der Waals surface area contributed by atoms with Crippen molar-refractivity contribution in [1.29, 1.82) is 0 Å². The van der Waals surface area contributed by atoms with E-state index in [-0.39, 0.29) is 11.4 Å². The van der Waals surface area contributed by atoms with Crippen molar-refractivity contribution in [3.63, 3.8) is 0 Å². The van der Waals surface area contributed by atoms with Gasteiger partial charge in [-0.2, -0.15) is 0 Å². The second kappa shape index (κ2) is 4.38. The molecule has 1 aromatic carbocycles. The van der Waals surface area contributed by atoms with Crippen LogP contribution in [0.3, 0.4) is 0 Å². The van der Waals surface area contributed by atoms with E-state index in [0.717, 1.165) is 0 Å². The first-order valence-corrected chi connectivity index (χ1v) is 2.73. The smallest absolute Gasteiger partial charge is 0.232 e. The normalized spacial score (nSPS) is 8.18. The first kappa shape index (κ1) is 9.55. The van der Waals surface area contributed by atoms with E-state index in [4.69, 9.17) is 21.0 Å². The van der Waals surface area contributed by atoms with Crippen LogP contribution in [0.2, 0.25) is 0 Å². The number of benzene rings is 1. The Morgan fingerprint density at radius 1 is 1.27 bits per heavy atom. The second-order valence-electron chi connectivity index (χ2n) is 1.78. The quantitative estimate of drug-likeness (QED) is 0.387. The highest BCUT2D eigenvalue weighted by atomic mass is 19.1. The fraction of sp³-hybridized carbons (Fsp3) is 0. The van der Waals surface area contributed by atoms with E-state index in [0.29, 0.717) is 5.69 Å². The Kier molecular flexibility index (Phi) is 3.80. The van der Waals surface area contributed by atoms with Crippen LogP contribution in [0.1, 0.15) is 0 Å². The molecular weight excluding hydrogens is 147 g/mol. The van der Waals surface area contributed by atoms with Crippen LogP contribution >= 0.6 is 0 Å². The lowest BCUT2D eigenvalue weighted by Gasteiger charge is -1.99. The van der Waals surface area contributed by atoms with Gasteiger partial charge in [0.05, 0.1) is 11.4 Å². The van der Waals surface area contributed by atoms with E-state index < -0.39 is 0 Å². The third-order valence-corrected chi connectivity index (χ3v) is 1.12. The van der Waals surface area contributed by atoms with Gasteiger partial charge >= 0.3 is 0 Å². The lowest BCUT2D eigenvalue weighted by atomic mass is 10.2. The highest BCUT2D eigenvalue weighted by molar-refractivity contribution is 5.69. The summed E-state index contributed by atoms with van der Waals surface area (Å²) in [6.07, 6.45) is 0. The molecule has 0 aromatic heterocycles. The number of para-hydroxylation sites is 1. The van der Waals surface area contributed by atoms with Crippen molar-refractivity contribution in [3.05, 3.63) is 25.4 Å². The zero-order chi connectivity index (χ0) is 8.85. The molecule has 3 radical (unpaired) electrons. The van der Waals surface area contributed by atoms with Gasteiger partial charge in [-0.25, -0.2) is 4.39 Å². The highest BCUT2D eigenvalue weighted by Crippen LogP contribution is 2.24. The van der Waals surface area contributed by atoms with Crippen LogP contribution in [0.25, 0.3) is 0 Å². The number of nitrogen functional groups attached to an aromatic ring is 2. The Balaban J connectivity index is 0.000000461. The maximum atomic E-state index is 8.90. The summed E-state index contributed by atoms with van der Waals surface area (Å²) in [5.74, 6) is 0.0370. The third-order valence-electron chi connectivity index (χ3n) is 1.12. The molecule has 0 atom stereocenters. The topological polar surface area (TPSA) is 72.3 Å². The summed E-state index contributed by atoms with van der Waals surface area (Å²) in [7, 11) is 4.25. The third kappa shape index (κ3) is 2.33. The molecule has 5 N–H and O–H groups in total. The van der Waals surface area contributed by atoms with E-state index >= 15 is 0 Å². The van der Waals surface area contributed by atoms with Gasteiger partial charge in [0.1, 0.15) is 5.75 Å². The summed E-state index contributed by atoms with van der Waals surface area (Å²) in [5, 5.41) is 8.90. The predicted octanol–water partition coefficient (Wildman–Crippen LogP) is 1.06. The molecule has 0 unspecified atom stereocenters. The monoisotopic (exact) mass is 155 g/mol. The Labute approximate surface area is 64.4 Å². The molecule has 1 aromatic rings. The number of nitrogens with two attached hydrogens (primary N) is 2. The fourth-order valence-corrected chi connectivity index (χ4v) is 0.570. The molecule has 3 nitrogen and oxygen atoms in total. The minimum Gasteiger partial charge on any atom is -0.506 e. The van der Waals surface area contributed by atoms with Gasteiger partial charge in [0.25, 0.3) is 0 Å². The van der Waals surface area contributed by atoms with E-state index in [9.17, 15) is 0 Å². The van der Waals surface area contributed by atoms with E-state index in [2.05, 4.69) is 7.18 Å². The number of phenols is 1. The number of halogens is 1. The van der Waals surface area contributed by atoms with Gasteiger partial charge in [0, 0.05) is 0 Å². The molecule has 1 rings (SSSR count). The van der Waals surface area contributed by atoms with Crippen LogP contribution in [-0.4, -0.2) is 5.11 Å². The standard InChI is InChI=1S/C6H8N2O.CF/c7-4-2-1-3-5(9)6(4)8;1-2/h1-3,9H,7-8H2;. The van der Waals surface area contributed by atoms with Crippen LogP contribution < -0.4 is 11.5 Å². The van der Waals surface area contributed by atoms with Crippen LogP contribution in [-0.2, 0) is 0 Å². The summed E-state index contributed by atoms with van der Waals surface area (Å²) in [6.45, 7) is 0. The first-order chi connectivity index (χ1) is 5.22. The van der Waals surface area contributed by atoms with Gasteiger partial charge in [-0.1, -0.05) is 6.07 Å². The fourth-order valence-electron chi connectivity index (χ4n) is 0.570. The molecule has 4 heteroatoms. The van der Waals surface area contributed by atoms with Crippen molar-refractivity contribution < 1.29 is 9.50 Å². The van der Waals surface area contributed by atoms with Gasteiger partial charge in [-0.05, 0) is 12.1 Å². The molecule has 11 heavy (non-hydrogen) atoms. The number of hydrogen-bond acceptors (Lipinski definition) is 3. The van der Waals surface area contributed by atoms with Crippen molar-refractivity contribution >= 4 is 11.4 Å². The molecular formula is C7H8FN2O. The van der Waals surface area contributed by atoms with Crippen LogP contribution in [0.4, 0.5) is 15.8 Å². The van der Waals surface area contributed by atoms with Crippen LogP contribution in [0.5, 0.6) is 5.75 Å². The molecule has 0 aliphatic carbocycles. The molecule has 0 amide bonds. The number of phenolic OH excluding ortho intramolecular Hbond substituents is 1. The average Bonchev–Trinajstić information content (AvgIpc) is 2.04. The number of rotatable bonds is 0. The Bertz CT molecular complexity index is 207. The van der Waals surface area contributed by atoms with Crippen LogP contribution in [0, 0.1) is 7.18 Å². The molecule has 0 saturated heterocycles. The minimum absolute atomic E-state index is 0.0370. The van der Waals surface area contributed by atoms with Gasteiger partial charge in [-0.3, -0.25) is 0 Å². The number of hydrogen-bond donors (Lipinski definition) is 3. The Morgan fingerprint density at radius 2 is 1.82 bits per heavy atom. The summed E-state index contributed by atoms with van der Waals surface area (Å²) < 4.78 is 8.75. The summed E-state index contributed by atoms with van der Waals surface area (Å²) in [6, 6.07) is 4.77. The van der Waals surface area contributed by atoms with E-state index in [1.165, 1.54) is 6.07 Å². The van der Waals surface area contributed by atoms with Crippen LogP contribution in [0.15, 0.2) is 18.2 Å². The zero-order valence-electron chi connectivity index (χ0n) is 5.71. The van der Waals surface area contributed by atoms with Gasteiger partial charge in [-0.15, -0.1) is 0 Å². The zero-order valence-corrected chi connectivity index (χ0v) is 5.71. The summed E-state index contributed by atoms with van der Waals surface area (Å²) in [4.78, 5) is 0. The van der Waals surface area contributed by atoms with E-state index in [1.54, 1.807) is 12.1 Å². The van der Waals surface area contributed by atoms with Gasteiger partial charge in [0.2, 0.25) is 7.18 Å². The number of anilines is 2. The first-order valence-electron chi connectivity index (χ1n) is 2.73. The molecule has 0 saturated carbocycles. The molecule has 0 fully saturated rings. The second-order valence-corrected chi connectivity index (χ2v) is 1.78. The highest BCUT2D eigenvalue weighted by Gasteiger charge is 1.96. The Morgan fingerprint density at radius 3 is 2.18 bits per heavy atom. The van der Waals surface area contributed by atoms with Gasteiger partial charge < -0.3 is 16.6 Å². The average molecular weight is 155 g/mol. The van der Waals surface area contributed by atoms with Crippen molar-refractivity contribution in [2.24, 2.45) is 0 Å². The molecule has 0 heterocycles. The van der Waals surface area contributed by atoms with Crippen molar-refractivity contribution in [3.8, 4) is 5.75 Å².